The Balaban J connectivity index is 1.40. The zero-order chi connectivity index (χ0) is 21.6. The summed E-state index contributed by atoms with van der Waals surface area (Å²) < 4.78 is 0. The van der Waals surface area contributed by atoms with Crippen molar-refractivity contribution in [3.63, 3.8) is 0 Å². The van der Waals surface area contributed by atoms with Crippen molar-refractivity contribution in [3.05, 3.63) is 88.0 Å². The molecule has 3 aliphatic carbocycles. The molecule has 3 N–H and O–H groups in total. The van der Waals surface area contributed by atoms with Crippen LogP contribution in [0.2, 0.25) is 0 Å². The van der Waals surface area contributed by atoms with Crippen molar-refractivity contribution in [3.8, 4) is 0 Å². The van der Waals surface area contributed by atoms with E-state index >= 15 is 0 Å². The maximum absolute atomic E-state index is 10.1. The Bertz CT molecular complexity index is 1090. The predicted octanol–water partition coefficient (Wildman–Crippen LogP) is 5.51. The topological polar surface area (TPSA) is 60.7 Å². The Morgan fingerprint density at radius 3 is 2.52 bits per heavy atom. The summed E-state index contributed by atoms with van der Waals surface area (Å²) in [6.45, 7) is 1.10. The molecule has 0 spiro atoms. The minimum Gasteiger partial charge on any atom is -0.392 e. The van der Waals surface area contributed by atoms with Crippen molar-refractivity contribution >= 4 is 17.2 Å². The quantitative estimate of drug-likeness (QED) is 0.566. The third kappa shape index (κ3) is 3.82. The highest BCUT2D eigenvalue weighted by molar-refractivity contribution is 5.90. The second-order valence-electron chi connectivity index (χ2n) is 9.36. The van der Waals surface area contributed by atoms with Crippen molar-refractivity contribution in [2.75, 3.05) is 0 Å². The van der Waals surface area contributed by atoms with Crippen LogP contribution in [0.1, 0.15) is 78.3 Å². The first kappa shape index (κ1) is 20.4. The van der Waals surface area contributed by atoms with Crippen LogP contribution in [0.25, 0.3) is 17.2 Å². The van der Waals surface area contributed by atoms with Gasteiger partial charge < -0.3 is 15.3 Å². The average Bonchev–Trinajstić information content (AvgIpc) is 3.52. The maximum atomic E-state index is 10.1. The van der Waals surface area contributed by atoms with Gasteiger partial charge in [-0.1, -0.05) is 61.4 Å². The van der Waals surface area contributed by atoms with Gasteiger partial charge in [0.25, 0.3) is 0 Å². The molecule has 2 aromatic carbocycles. The molecule has 160 valence electrons. The van der Waals surface area contributed by atoms with Crippen LogP contribution in [0.15, 0.2) is 54.6 Å². The minimum absolute atomic E-state index is 0.225. The number of aliphatic hydroxyl groups is 3. The Hall–Kier alpha value is -2.46. The standard InChI is InChI=1S/C28H30O3/c1-28(30,31)27-16-22(8-9-24(27)17-29)20-7-6-19(14-20)21-10-12-26-23(15-21)11-13-25(26)18-4-2-3-5-18/h7-16,18,25,29-31H,2-6,17H2,1H3. The van der Waals surface area contributed by atoms with Gasteiger partial charge in [-0.3, -0.25) is 0 Å². The number of hydrogen-bond donors (Lipinski definition) is 3. The molecule has 3 aliphatic rings. The monoisotopic (exact) mass is 414 g/mol. The predicted molar refractivity (Wildman–Crippen MR) is 125 cm³/mol. The van der Waals surface area contributed by atoms with Gasteiger partial charge >= 0.3 is 0 Å². The summed E-state index contributed by atoms with van der Waals surface area (Å²) in [4.78, 5) is 0. The summed E-state index contributed by atoms with van der Waals surface area (Å²) in [5.41, 5.74) is 8.24. The smallest absolute Gasteiger partial charge is 0.187 e. The largest absolute Gasteiger partial charge is 0.392 e. The molecule has 1 saturated carbocycles. The Morgan fingerprint density at radius 1 is 1.00 bits per heavy atom. The van der Waals surface area contributed by atoms with Crippen LogP contribution in [-0.2, 0) is 12.4 Å². The lowest BCUT2D eigenvalue weighted by molar-refractivity contribution is -0.153. The first-order valence-corrected chi connectivity index (χ1v) is 11.4. The number of rotatable bonds is 5. The lowest BCUT2D eigenvalue weighted by Crippen LogP contribution is -2.22. The van der Waals surface area contributed by atoms with Gasteiger partial charge in [-0.05, 0) is 83.2 Å². The molecule has 1 unspecified atom stereocenters. The molecule has 0 bridgehead atoms. The molecule has 0 heterocycles. The molecule has 1 atom stereocenters. The van der Waals surface area contributed by atoms with Gasteiger partial charge in [-0.15, -0.1) is 0 Å². The van der Waals surface area contributed by atoms with E-state index in [1.54, 1.807) is 12.1 Å². The van der Waals surface area contributed by atoms with Gasteiger partial charge in [0.15, 0.2) is 5.79 Å². The second-order valence-corrected chi connectivity index (χ2v) is 9.36. The molecule has 0 amide bonds. The van der Waals surface area contributed by atoms with E-state index in [9.17, 15) is 15.3 Å². The van der Waals surface area contributed by atoms with Gasteiger partial charge in [0.2, 0.25) is 0 Å². The SMILES string of the molecule is CC(O)(O)c1cc(C2=CCC(c3ccc4c(c3)C=CC4C3CCCC3)=C2)ccc1CO. The molecule has 0 aliphatic heterocycles. The zero-order valence-electron chi connectivity index (χ0n) is 18.0. The summed E-state index contributed by atoms with van der Waals surface area (Å²) >= 11 is 0. The highest BCUT2D eigenvalue weighted by atomic mass is 16.5. The Kier molecular flexibility index (Phi) is 5.21. The van der Waals surface area contributed by atoms with Crippen LogP contribution >= 0.6 is 0 Å². The lowest BCUT2D eigenvalue weighted by Gasteiger charge is -2.20. The van der Waals surface area contributed by atoms with Crippen LogP contribution in [-0.4, -0.2) is 15.3 Å². The van der Waals surface area contributed by atoms with Gasteiger partial charge in [-0.25, -0.2) is 0 Å². The number of hydrogen-bond acceptors (Lipinski definition) is 3. The van der Waals surface area contributed by atoms with Crippen molar-refractivity contribution in [2.24, 2.45) is 5.92 Å². The molecule has 0 radical (unpaired) electrons. The number of allylic oxidation sites excluding steroid dienone is 5. The summed E-state index contributed by atoms with van der Waals surface area (Å²) in [5, 5.41) is 29.7. The fourth-order valence-corrected chi connectivity index (χ4v) is 5.52. The van der Waals surface area contributed by atoms with Crippen molar-refractivity contribution in [1.29, 1.82) is 0 Å². The molecule has 5 rings (SSSR count). The van der Waals surface area contributed by atoms with Gasteiger partial charge in [0.05, 0.1) is 6.61 Å². The lowest BCUT2D eigenvalue weighted by atomic mass is 9.86. The average molecular weight is 415 g/mol. The van der Waals surface area contributed by atoms with Crippen LogP contribution < -0.4 is 0 Å². The maximum Gasteiger partial charge on any atom is 0.187 e. The molecular formula is C28H30O3. The molecule has 1 fully saturated rings. The number of benzene rings is 2. The van der Waals surface area contributed by atoms with E-state index in [1.807, 2.05) is 6.07 Å². The molecule has 3 heteroatoms. The first-order chi connectivity index (χ1) is 14.9. The number of fused-ring (bicyclic) bond motifs is 1. The van der Waals surface area contributed by atoms with E-state index in [0.29, 0.717) is 17.0 Å². The fraction of sp³-hybridized carbons (Fsp3) is 0.357. The molecule has 0 saturated heterocycles. The van der Waals surface area contributed by atoms with Gasteiger partial charge in [0, 0.05) is 11.5 Å². The van der Waals surface area contributed by atoms with Gasteiger partial charge in [-0.2, -0.15) is 0 Å². The van der Waals surface area contributed by atoms with Crippen molar-refractivity contribution in [1.82, 2.24) is 0 Å². The van der Waals surface area contributed by atoms with E-state index in [1.165, 1.54) is 54.9 Å². The van der Waals surface area contributed by atoms with Gasteiger partial charge in [0.1, 0.15) is 0 Å². The van der Waals surface area contributed by atoms with Crippen LogP contribution in [0.3, 0.4) is 0 Å². The van der Waals surface area contributed by atoms with E-state index in [2.05, 4.69) is 42.5 Å². The molecule has 0 aromatic heterocycles. The Morgan fingerprint density at radius 2 is 1.77 bits per heavy atom. The van der Waals surface area contributed by atoms with E-state index in [-0.39, 0.29) is 6.61 Å². The third-order valence-electron chi connectivity index (χ3n) is 7.20. The summed E-state index contributed by atoms with van der Waals surface area (Å²) in [5.74, 6) is -0.586. The van der Waals surface area contributed by atoms with Crippen molar-refractivity contribution in [2.45, 2.75) is 57.3 Å². The van der Waals surface area contributed by atoms with E-state index in [4.69, 9.17) is 0 Å². The summed E-state index contributed by atoms with van der Waals surface area (Å²) in [6.07, 6.45) is 15.4. The second kappa shape index (κ2) is 7.90. The molecule has 2 aromatic rings. The number of aliphatic hydroxyl groups excluding tert-OH is 1. The molecule has 31 heavy (non-hydrogen) atoms. The summed E-state index contributed by atoms with van der Waals surface area (Å²) in [7, 11) is 0. The van der Waals surface area contributed by atoms with Crippen LogP contribution in [0, 0.1) is 5.92 Å². The molecule has 3 nitrogen and oxygen atoms in total. The minimum atomic E-state index is -1.98. The van der Waals surface area contributed by atoms with E-state index in [0.717, 1.165) is 23.5 Å². The van der Waals surface area contributed by atoms with Crippen molar-refractivity contribution < 1.29 is 15.3 Å². The molecular weight excluding hydrogens is 384 g/mol. The van der Waals surface area contributed by atoms with Crippen LogP contribution in [0.4, 0.5) is 0 Å². The first-order valence-electron chi connectivity index (χ1n) is 11.4. The zero-order valence-corrected chi connectivity index (χ0v) is 18.0. The third-order valence-corrected chi connectivity index (χ3v) is 7.20. The van der Waals surface area contributed by atoms with Crippen LogP contribution in [0.5, 0.6) is 0 Å². The Labute approximate surface area is 184 Å². The summed E-state index contributed by atoms with van der Waals surface area (Å²) in [6, 6.07) is 12.4. The highest BCUT2D eigenvalue weighted by Crippen LogP contribution is 2.44. The fourth-order valence-electron chi connectivity index (χ4n) is 5.52. The highest BCUT2D eigenvalue weighted by Gasteiger charge is 2.29. The normalized spacial score (nSPS) is 20.8. The van der Waals surface area contributed by atoms with E-state index < -0.39 is 5.79 Å².